The van der Waals surface area contributed by atoms with Crippen molar-refractivity contribution in [1.29, 1.82) is 0 Å². The van der Waals surface area contributed by atoms with Crippen LogP contribution in [-0.4, -0.2) is 40.9 Å². The fourth-order valence-corrected chi connectivity index (χ4v) is 6.92. The van der Waals surface area contributed by atoms with Gasteiger partial charge in [-0.2, -0.15) is 4.31 Å². The molecule has 3 heterocycles. The van der Waals surface area contributed by atoms with E-state index in [2.05, 4.69) is 4.98 Å². The minimum Gasteiger partial charge on any atom is -0.481 e. The molecular formula is C12H16N2O4S2. The Labute approximate surface area is 121 Å². The Bertz CT molecular complexity index is 667. The molecule has 3 atom stereocenters. The van der Waals surface area contributed by atoms with E-state index in [1.54, 1.807) is 13.8 Å². The number of fused-ring (bicyclic) bond motifs is 2. The zero-order chi connectivity index (χ0) is 14.7. The van der Waals surface area contributed by atoms with Crippen molar-refractivity contribution < 1.29 is 18.3 Å². The zero-order valence-corrected chi connectivity index (χ0v) is 12.9. The van der Waals surface area contributed by atoms with E-state index in [1.807, 2.05) is 0 Å². The largest absolute Gasteiger partial charge is 0.481 e. The normalized spacial score (nSPS) is 30.0. The molecule has 3 unspecified atom stereocenters. The van der Waals surface area contributed by atoms with Crippen LogP contribution in [0.15, 0.2) is 4.21 Å². The quantitative estimate of drug-likeness (QED) is 0.910. The van der Waals surface area contributed by atoms with Crippen LogP contribution >= 0.6 is 11.3 Å². The Hall–Kier alpha value is -0.990. The summed E-state index contributed by atoms with van der Waals surface area (Å²) in [5.41, 5.74) is 0.505. The third-order valence-corrected chi connectivity index (χ3v) is 7.80. The number of aromatic nitrogens is 1. The second-order valence-corrected chi connectivity index (χ2v) is 8.66. The monoisotopic (exact) mass is 316 g/mol. The number of rotatable bonds is 3. The lowest BCUT2D eigenvalue weighted by atomic mass is 9.89. The molecule has 3 rings (SSSR count). The van der Waals surface area contributed by atoms with Crippen molar-refractivity contribution in [2.24, 2.45) is 5.92 Å². The van der Waals surface area contributed by atoms with Gasteiger partial charge in [0.25, 0.3) is 10.0 Å². The molecule has 1 N–H and O–H groups in total. The van der Waals surface area contributed by atoms with Crippen molar-refractivity contribution in [1.82, 2.24) is 9.29 Å². The molecule has 0 radical (unpaired) electrons. The van der Waals surface area contributed by atoms with Gasteiger partial charge in [-0.15, -0.1) is 11.3 Å². The molecule has 2 saturated heterocycles. The van der Waals surface area contributed by atoms with Crippen molar-refractivity contribution in [3.8, 4) is 0 Å². The minimum atomic E-state index is -3.62. The number of thiazole rings is 1. The molecule has 0 saturated carbocycles. The second-order valence-electron chi connectivity index (χ2n) is 5.42. The Morgan fingerprint density at radius 3 is 2.60 bits per heavy atom. The van der Waals surface area contributed by atoms with Crippen LogP contribution in [0, 0.1) is 19.8 Å². The van der Waals surface area contributed by atoms with Crippen molar-refractivity contribution in [2.45, 2.75) is 49.4 Å². The number of hydrogen-bond donors (Lipinski definition) is 1. The molecule has 6 nitrogen and oxygen atoms in total. The third-order valence-electron chi connectivity index (χ3n) is 4.16. The summed E-state index contributed by atoms with van der Waals surface area (Å²) in [7, 11) is -3.62. The van der Waals surface area contributed by atoms with Gasteiger partial charge in [0, 0.05) is 12.1 Å². The molecule has 2 aliphatic heterocycles. The summed E-state index contributed by atoms with van der Waals surface area (Å²) in [5, 5.41) is 9.93. The summed E-state index contributed by atoms with van der Waals surface area (Å²) in [4.78, 5) is 15.4. The SMILES string of the molecule is Cc1nc(C)c(S(=O)(=O)N2C3CCC2C(C(=O)O)C3)s1. The first-order chi connectivity index (χ1) is 9.32. The van der Waals surface area contributed by atoms with Gasteiger partial charge in [0.15, 0.2) is 4.21 Å². The summed E-state index contributed by atoms with van der Waals surface area (Å²) in [6, 6.07) is -0.572. The van der Waals surface area contributed by atoms with Crippen molar-refractivity contribution >= 4 is 27.3 Å². The maximum atomic E-state index is 12.8. The van der Waals surface area contributed by atoms with Gasteiger partial charge in [0.2, 0.25) is 0 Å². The number of carboxylic acids is 1. The molecule has 0 amide bonds. The van der Waals surface area contributed by atoms with Crippen LogP contribution in [0.3, 0.4) is 0 Å². The van der Waals surface area contributed by atoms with E-state index in [4.69, 9.17) is 0 Å². The van der Waals surface area contributed by atoms with Crippen LogP contribution in [0.1, 0.15) is 30.0 Å². The Morgan fingerprint density at radius 2 is 2.10 bits per heavy atom. The predicted octanol–water partition coefficient (Wildman–Crippen LogP) is 1.39. The maximum Gasteiger partial charge on any atom is 0.308 e. The van der Waals surface area contributed by atoms with Gasteiger partial charge in [-0.25, -0.2) is 13.4 Å². The van der Waals surface area contributed by atoms with E-state index in [0.29, 0.717) is 23.5 Å². The molecule has 20 heavy (non-hydrogen) atoms. The van der Waals surface area contributed by atoms with Gasteiger partial charge >= 0.3 is 5.97 Å². The van der Waals surface area contributed by atoms with Crippen LogP contribution < -0.4 is 0 Å². The van der Waals surface area contributed by atoms with E-state index >= 15 is 0 Å². The Balaban J connectivity index is 2.01. The number of nitrogens with zero attached hydrogens (tertiary/aromatic N) is 2. The molecule has 2 bridgehead atoms. The van der Waals surface area contributed by atoms with E-state index in [0.717, 1.165) is 17.8 Å². The van der Waals surface area contributed by atoms with Crippen molar-refractivity contribution in [3.05, 3.63) is 10.7 Å². The van der Waals surface area contributed by atoms with Crippen LogP contribution in [0.5, 0.6) is 0 Å². The van der Waals surface area contributed by atoms with Gasteiger partial charge in [-0.1, -0.05) is 0 Å². The molecule has 1 aromatic heterocycles. The number of sulfonamides is 1. The molecule has 110 valence electrons. The van der Waals surface area contributed by atoms with Crippen molar-refractivity contribution in [2.75, 3.05) is 0 Å². The first-order valence-electron chi connectivity index (χ1n) is 6.52. The number of carbonyl (C=O) groups is 1. The predicted molar refractivity (Wildman–Crippen MR) is 73.2 cm³/mol. The highest BCUT2D eigenvalue weighted by atomic mass is 32.2. The van der Waals surface area contributed by atoms with E-state index in [1.165, 1.54) is 4.31 Å². The Kier molecular flexibility index (Phi) is 3.15. The Morgan fingerprint density at radius 1 is 1.40 bits per heavy atom. The number of carboxylic acid groups (broad SMARTS) is 1. The van der Waals surface area contributed by atoms with Gasteiger partial charge in [-0.05, 0) is 33.1 Å². The second kappa shape index (κ2) is 4.51. The lowest BCUT2D eigenvalue weighted by molar-refractivity contribution is -0.142. The highest BCUT2D eigenvalue weighted by molar-refractivity contribution is 7.91. The minimum absolute atomic E-state index is 0.173. The van der Waals surface area contributed by atoms with Gasteiger partial charge in [0.05, 0.1) is 16.6 Å². The standard InChI is InChI=1S/C12H16N2O4S2/c1-6-12(19-7(2)13-6)20(17,18)14-8-3-4-10(14)9(5-8)11(15)16/h8-10H,3-5H2,1-2H3,(H,15,16). The fourth-order valence-electron chi connectivity index (χ4n) is 3.43. The molecule has 0 aliphatic carbocycles. The van der Waals surface area contributed by atoms with Gasteiger partial charge in [-0.3, -0.25) is 4.79 Å². The lowest BCUT2D eigenvalue weighted by Gasteiger charge is -2.21. The van der Waals surface area contributed by atoms with E-state index in [-0.39, 0.29) is 10.3 Å². The summed E-state index contributed by atoms with van der Waals surface area (Å²) in [5.74, 6) is -1.47. The highest BCUT2D eigenvalue weighted by Gasteiger charge is 2.55. The van der Waals surface area contributed by atoms with E-state index < -0.39 is 28.0 Å². The van der Waals surface area contributed by atoms with E-state index in [9.17, 15) is 18.3 Å². The average Bonchev–Trinajstić information content (AvgIpc) is 3.01. The van der Waals surface area contributed by atoms with Crippen LogP contribution in [0.4, 0.5) is 0 Å². The van der Waals surface area contributed by atoms with Crippen LogP contribution in [-0.2, 0) is 14.8 Å². The molecule has 8 heteroatoms. The summed E-state index contributed by atoms with van der Waals surface area (Å²) in [6.45, 7) is 3.46. The number of hydrogen-bond acceptors (Lipinski definition) is 5. The average molecular weight is 316 g/mol. The van der Waals surface area contributed by atoms with Gasteiger partial charge in [0.1, 0.15) is 0 Å². The fraction of sp³-hybridized carbons (Fsp3) is 0.667. The topological polar surface area (TPSA) is 87.6 Å². The summed E-state index contributed by atoms with van der Waals surface area (Å²) >= 11 is 1.16. The lowest BCUT2D eigenvalue weighted by Crippen LogP contribution is -2.37. The maximum absolute atomic E-state index is 12.8. The molecule has 0 spiro atoms. The molecule has 2 aliphatic rings. The highest BCUT2D eigenvalue weighted by Crippen LogP contribution is 2.46. The zero-order valence-electron chi connectivity index (χ0n) is 11.2. The summed E-state index contributed by atoms with van der Waals surface area (Å²) in [6.07, 6.45) is 1.82. The molecule has 1 aromatic rings. The number of aliphatic carboxylic acids is 1. The number of aryl methyl sites for hydroxylation is 2. The first-order valence-corrected chi connectivity index (χ1v) is 8.78. The third kappa shape index (κ3) is 1.89. The first kappa shape index (κ1) is 14.0. The van der Waals surface area contributed by atoms with Gasteiger partial charge < -0.3 is 5.11 Å². The molecule has 2 fully saturated rings. The van der Waals surface area contributed by atoms with Crippen LogP contribution in [0.2, 0.25) is 0 Å². The summed E-state index contributed by atoms with van der Waals surface area (Å²) < 4.78 is 27.3. The van der Waals surface area contributed by atoms with Crippen molar-refractivity contribution in [3.63, 3.8) is 0 Å². The molecule has 0 aromatic carbocycles. The molecular weight excluding hydrogens is 300 g/mol. The smallest absolute Gasteiger partial charge is 0.308 e. The van der Waals surface area contributed by atoms with Crippen LogP contribution in [0.25, 0.3) is 0 Å².